The van der Waals surface area contributed by atoms with Crippen LogP contribution < -0.4 is 10.6 Å². The van der Waals surface area contributed by atoms with Crippen molar-refractivity contribution in [2.45, 2.75) is 0 Å². The number of anilines is 1. The quantitative estimate of drug-likeness (QED) is 0.577. The number of amides is 2. The molecule has 90 valence electrons. The predicted molar refractivity (Wildman–Crippen MR) is 58.4 cm³/mol. The summed E-state index contributed by atoms with van der Waals surface area (Å²) in [5.74, 6) is -2.91. The Kier molecular flexibility index (Phi) is 4.35. The zero-order valence-corrected chi connectivity index (χ0v) is 9.03. The summed E-state index contributed by atoms with van der Waals surface area (Å²) in [6, 6.07) is 6.84. The molecule has 1 aromatic carbocycles. The Morgan fingerprint density at radius 2 is 2.00 bits per heavy atom. The van der Waals surface area contributed by atoms with Gasteiger partial charge in [0.2, 0.25) is 0 Å². The molecule has 0 aliphatic carbocycles. The van der Waals surface area contributed by atoms with E-state index in [2.05, 4.69) is 5.32 Å². The highest BCUT2D eigenvalue weighted by Gasteiger charge is 2.16. The second-order valence-corrected chi connectivity index (χ2v) is 3.07. The number of hydrogen-bond acceptors (Lipinski definition) is 4. The number of rotatable bonds is 2. The first-order chi connectivity index (χ1) is 8.60. The fourth-order valence-electron chi connectivity index (χ4n) is 1.12. The van der Waals surface area contributed by atoms with E-state index in [1.165, 1.54) is 12.1 Å². The molecule has 1 aromatic rings. The lowest BCUT2D eigenvalue weighted by Crippen LogP contribution is -2.35. The summed E-state index contributed by atoms with van der Waals surface area (Å²) in [6.45, 7) is -0.319. The normalized spacial score (nSPS) is 8.83. The third-order valence-electron chi connectivity index (χ3n) is 1.91. The topological polar surface area (TPSA) is 106 Å². The molecule has 0 saturated carbocycles. The van der Waals surface area contributed by atoms with Crippen LogP contribution in [-0.4, -0.2) is 18.4 Å². The number of nitriles is 2. The van der Waals surface area contributed by atoms with Crippen LogP contribution in [0.2, 0.25) is 0 Å². The van der Waals surface area contributed by atoms with Gasteiger partial charge in [0.1, 0.15) is 24.0 Å². The maximum atomic E-state index is 13.2. The van der Waals surface area contributed by atoms with E-state index >= 15 is 0 Å². The molecule has 7 heteroatoms. The van der Waals surface area contributed by atoms with Crippen LogP contribution in [0.4, 0.5) is 10.1 Å². The molecule has 0 aliphatic rings. The Bertz CT molecular complexity index is 571. The second-order valence-electron chi connectivity index (χ2n) is 3.07. The van der Waals surface area contributed by atoms with Gasteiger partial charge in [-0.15, -0.1) is 0 Å². The van der Waals surface area contributed by atoms with Crippen molar-refractivity contribution in [2.75, 3.05) is 11.9 Å². The molecule has 0 aromatic heterocycles. The number of benzene rings is 1. The summed E-state index contributed by atoms with van der Waals surface area (Å²) in [5, 5.41) is 21.0. The van der Waals surface area contributed by atoms with Gasteiger partial charge >= 0.3 is 11.8 Å². The Balaban J connectivity index is 2.84. The van der Waals surface area contributed by atoms with Crippen molar-refractivity contribution in [3.05, 3.63) is 29.6 Å². The van der Waals surface area contributed by atoms with E-state index in [-0.39, 0.29) is 17.8 Å². The van der Waals surface area contributed by atoms with Crippen LogP contribution in [0.15, 0.2) is 18.2 Å². The molecule has 1 rings (SSSR count). The van der Waals surface area contributed by atoms with E-state index in [9.17, 15) is 14.0 Å². The number of halogens is 1. The van der Waals surface area contributed by atoms with Crippen LogP contribution in [0.25, 0.3) is 0 Å². The molecule has 2 N–H and O–H groups in total. The monoisotopic (exact) mass is 246 g/mol. The number of nitrogens with one attached hydrogen (secondary N) is 2. The van der Waals surface area contributed by atoms with E-state index in [0.29, 0.717) is 0 Å². The van der Waals surface area contributed by atoms with E-state index in [1.807, 2.05) is 5.32 Å². The van der Waals surface area contributed by atoms with Crippen LogP contribution in [-0.2, 0) is 9.59 Å². The Hall–Kier alpha value is -2.93. The first-order valence-corrected chi connectivity index (χ1v) is 4.75. The van der Waals surface area contributed by atoms with E-state index < -0.39 is 17.6 Å². The summed E-state index contributed by atoms with van der Waals surface area (Å²) in [4.78, 5) is 22.5. The smallest absolute Gasteiger partial charge is 0.313 e. The van der Waals surface area contributed by atoms with Crippen molar-refractivity contribution in [3.63, 3.8) is 0 Å². The van der Waals surface area contributed by atoms with Gasteiger partial charge in [0.25, 0.3) is 0 Å². The number of carbonyl (C=O) groups is 2. The Morgan fingerprint density at radius 3 is 2.61 bits per heavy atom. The highest BCUT2D eigenvalue weighted by Crippen LogP contribution is 2.17. The van der Waals surface area contributed by atoms with Crippen molar-refractivity contribution < 1.29 is 14.0 Å². The van der Waals surface area contributed by atoms with Gasteiger partial charge in [-0.3, -0.25) is 9.59 Å². The lowest BCUT2D eigenvalue weighted by atomic mass is 10.2. The summed E-state index contributed by atoms with van der Waals surface area (Å²) >= 11 is 0. The molecular formula is C11H7FN4O2. The van der Waals surface area contributed by atoms with Crippen molar-refractivity contribution in [1.82, 2.24) is 5.32 Å². The van der Waals surface area contributed by atoms with Crippen LogP contribution in [0.3, 0.4) is 0 Å². The van der Waals surface area contributed by atoms with Gasteiger partial charge in [-0.1, -0.05) is 6.07 Å². The van der Waals surface area contributed by atoms with Gasteiger partial charge in [-0.05, 0) is 12.1 Å². The number of nitrogens with zero attached hydrogens (tertiary/aromatic N) is 2. The minimum absolute atomic E-state index is 0.102. The van der Waals surface area contributed by atoms with Gasteiger partial charge < -0.3 is 10.6 Å². The largest absolute Gasteiger partial charge is 0.335 e. The SMILES string of the molecule is N#CCNC(=O)C(=O)Nc1cccc(F)c1C#N. The number of carbonyl (C=O) groups excluding carboxylic acids is 2. The van der Waals surface area contributed by atoms with Gasteiger partial charge in [-0.2, -0.15) is 10.5 Å². The molecule has 0 aliphatic heterocycles. The van der Waals surface area contributed by atoms with Crippen molar-refractivity contribution in [2.24, 2.45) is 0 Å². The molecule has 0 unspecified atom stereocenters. The Labute approximate surface area is 102 Å². The van der Waals surface area contributed by atoms with E-state index in [0.717, 1.165) is 6.07 Å². The summed E-state index contributed by atoms with van der Waals surface area (Å²) < 4.78 is 13.2. The summed E-state index contributed by atoms with van der Waals surface area (Å²) in [6.07, 6.45) is 0. The third-order valence-corrected chi connectivity index (χ3v) is 1.91. The molecule has 2 amide bonds. The lowest BCUT2D eigenvalue weighted by Gasteiger charge is -2.06. The highest BCUT2D eigenvalue weighted by atomic mass is 19.1. The molecule has 6 nitrogen and oxygen atoms in total. The van der Waals surface area contributed by atoms with Crippen LogP contribution in [0.1, 0.15) is 5.56 Å². The molecule has 0 saturated heterocycles. The first kappa shape index (κ1) is 13.1. The predicted octanol–water partition coefficient (Wildman–Crippen LogP) is 0.276. The maximum absolute atomic E-state index is 13.2. The van der Waals surface area contributed by atoms with Crippen molar-refractivity contribution in [3.8, 4) is 12.1 Å². The summed E-state index contributed by atoms with van der Waals surface area (Å²) in [7, 11) is 0. The van der Waals surface area contributed by atoms with Gasteiger partial charge in [-0.25, -0.2) is 4.39 Å². The van der Waals surface area contributed by atoms with Crippen molar-refractivity contribution >= 4 is 17.5 Å². The average Bonchev–Trinajstić information content (AvgIpc) is 2.36. The maximum Gasteiger partial charge on any atom is 0.313 e. The molecule has 0 radical (unpaired) electrons. The Morgan fingerprint density at radius 1 is 1.28 bits per heavy atom. The fraction of sp³-hybridized carbons (Fsp3) is 0.0909. The molecule has 0 heterocycles. The fourth-order valence-corrected chi connectivity index (χ4v) is 1.12. The van der Waals surface area contributed by atoms with Crippen LogP contribution in [0.5, 0.6) is 0 Å². The minimum Gasteiger partial charge on any atom is -0.335 e. The van der Waals surface area contributed by atoms with Gasteiger partial charge in [0.15, 0.2) is 0 Å². The molecular weight excluding hydrogens is 239 g/mol. The minimum atomic E-state index is -1.08. The van der Waals surface area contributed by atoms with E-state index in [4.69, 9.17) is 10.5 Å². The van der Waals surface area contributed by atoms with E-state index in [1.54, 1.807) is 12.1 Å². The summed E-state index contributed by atoms with van der Waals surface area (Å²) in [5.41, 5.74) is -0.464. The molecule has 0 bridgehead atoms. The molecule has 0 atom stereocenters. The second kappa shape index (κ2) is 5.97. The molecule has 0 fully saturated rings. The zero-order valence-electron chi connectivity index (χ0n) is 9.03. The van der Waals surface area contributed by atoms with Gasteiger partial charge in [0, 0.05) is 0 Å². The van der Waals surface area contributed by atoms with Crippen LogP contribution in [0, 0.1) is 28.5 Å². The van der Waals surface area contributed by atoms with Crippen molar-refractivity contribution in [1.29, 1.82) is 10.5 Å². The third kappa shape index (κ3) is 3.03. The average molecular weight is 246 g/mol. The van der Waals surface area contributed by atoms with Crippen LogP contribution >= 0.6 is 0 Å². The number of hydrogen-bond donors (Lipinski definition) is 2. The highest BCUT2D eigenvalue weighted by molar-refractivity contribution is 6.39. The van der Waals surface area contributed by atoms with Gasteiger partial charge in [0.05, 0.1) is 11.8 Å². The molecule has 18 heavy (non-hydrogen) atoms. The lowest BCUT2D eigenvalue weighted by molar-refractivity contribution is -0.136. The molecule has 0 spiro atoms. The standard InChI is InChI=1S/C11H7FN4O2/c12-8-2-1-3-9(7(8)6-14)16-11(18)10(17)15-5-4-13/h1-3H,5H2,(H,15,17)(H,16,18). The zero-order chi connectivity index (χ0) is 13.5. The first-order valence-electron chi connectivity index (χ1n) is 4.75.